The molecule has 0 amide bonds. The second-order valence-electron chi connectivity index (χ2n) is 13.9. The van der Waals surface area contributed by atoms with E-state index in [1.54, 1.807) is 0 Å². The van der Waals surface area contributed by atoms with Gasteiger partial charge in [0.15, 0.2) is 5.82 Å². The normalized spacial score (nSPS) is 12.2. The van der Waals surface area contributed by atoms with Crippen LogP contribution in [0.5, 0.6) is 0 Å². The molecule has 1 aromatic heterocycles. The van der Waals surface area contributed by atoms with Crippen molar-refractivity contribution in [3.05, 3.63) is 174 Å². The molecule has 0 unspecified atom stereocenters. The second kappa shape index (κ2) is 12.7. The first-order valence-corrected chi connectivity index (χ1v) is 18.2. The van der Waals surface area contributed by atoms with Gasteiger partial charge in [-0.05, 0) is 134 Å². The van der Waals surface area contributed by atoms with Crippen LogP contribution in [0.15, 0.2) is 152 Å². The molecular formula is C50H30N4. The number of fused-ring (bicyclic) bond motifs is 7. The fourth-order valence-electron chi connectivity index (χ4n) is 8.18. The molecule has 0 saturated carbocycles. The zero-order valence-corrected chi connectivity index (χ0v) is 29.2. The van der Waals surface area contributed by atoms with Crippen LogP contribution in [0, 0.1) is 22.7 Å². The molecule has 8 aromatic carbocycles. The Hall–Kier alpha value is -7.40. The smallest absolute Gasteiger partial charge is 0.160 e. The van der Waals surface area contributed by atoms with Crippen LogP contribution in [0.3, 0.4) is 0 Å². The number of hydrogen-bond donors (Lipinski definition) is 0. The number of allylic oxidation sites excluding steroid dienone is 1. The second-order valence-corrected chi connectivity index (χ2v) is 13.9. The fourth-order valence-corrected chi connectivity index (χ4v) is 8.18. The summed E-state index contributed by atoms with van der Waals surface area (Å²) in [7, 11) is 0. The van der Waals surface area contributed by atoms with E-state index in [-0.39, 0.29) is 0 Å². The Kier molecular flexibility index (Phi) is 7.36. The van der Waals surface area contributed by atoms with Crippen molar-refractivity contribution in [3.63, 3.8) is 0 Å². The van der Waals surface area contributed by atoms with E-state index in [2.05, 4.69) is 121 Å². The zero-order chi connectivity index (χ0) is 36.2. The molecule has 0 radical (unpaired) electrons. The van der Waals surface area contributed by atoms with Crippen LogP contribution < -0.4 is 0 Å². The molecule has 0 bridgehead atoms. The fraction of sp³-hybridized carbons (Fsp3) is 0.0400. The van der Waals surface area contributed by atoms with Gasteiger partial charge in [0.05, 0.1) is 34.5 Å². The van der Waals surface area contributed by atoms with Crippen LogP contribution in [-0.4, -0.2) is 9.97 Å². The van der Waals surface area contributed by atoms with Crippen molar-refractivity contribution < 1.29 is 0 Å². The van der Waals surface area contributed by atoms with E-state index >= 15 is 0 Å². The van der Waals surface area contributed by atoms with Crippen molar-refractivity contribution in [3.8, 4) is 57.0 Å². The lowest BCUT2D eigenvalue weighted by Crippen LogP contribution is -2.02. The Morgan fingerprint density at radius 2 is 1.09 bits per heavy atom. The summed E-state index contributed by atoms with van der Waals surface area (Å²) in [4.78, 5) is 10.7. The van der Waals surface area contributed by atoms with E-state index < -0.39 is 0 Å². The summed E-state index contributed by atoms with van der Waals surface area (Å²) in [6, 6.07) is 54.7. The highest BCUT2D eigenvalue weighted by Gasteiger charge is 2.22. The molecule has 0 saturated heterocycles. The maximum absolute atomic E-state index is 9.66. The van der Waals surface area contributed by atoms with E-state index in [0.29, 0.717) is 17.0 Å². The van der Waals surface area contributed by atoms with E-state index in [1.165, 1.54) is 49.0 Å². The van der Waals surface area contributed by atoms with Gasteiger partial charge in [-0.1, -0.05) is 97.1 Å². The highest BCUT2D eigenvalue weighted by molar-refractivity contribution is 6.15. The first kappa shape index (κ1) is 31.3. The van der Waals surface area contributed by atoms with Gasteiger partial charge in [0.2, 0.25) is 0 Å². The molecule has 0 fully saturated rings. The molecule has 54 heavy (non-hydrogen) atoms. The standard InChI is InChI=1S/C50H30N4/c51-29-31-17-21-33(22-18-31)48-47-28-37(44-25-35-9-1-3-11-38(35)40-13-5-7-15-42(40)44)27-46(49(47)54-50(53-48)34-23-19-32(30-52)20-24-34)45-26-36-10-2-4-12-39(36)41-14-6-8-16-43(41)45/h1-7,9-15,17-28H,8,16H2. The van der Waals surface area contributed by atoms with E-state index in [9.17, 15) is 10.5 Å². The van der Waals surface area contributed by atoms with Crippen LogP contribution >= 0.6 is 0 Å². The number of aromatic nitrogens is 2. The Labute approximate surface area is 312 Å². The Bertz CT molecular complexity index is 3100. The van der Waals surface area contributed by atoms with Gasteiger partial charge in [-0.15, -0.1) is 0 Å². The van der Waals surface area contributed by atoms with Gasteiger partial charge in [0.1, 0.15) is 0 Å². The van der Waals surface area contributed by atoms with Crippen molar-refractivity contribution in [2.45, 2.75) is 12.8 Å². The quantitative estimate of drug-likeness (QED) is 0.173. The average Bonchev–Trinajstić information content (AvgIpc) is 3.25. The number of nitrogens with zero attached hydrogens (tertiary/aromatic N) is 4. The lowest BCUT2D eigenvalue weighted by molar-refractivity contribution is 0.992. The van der Waals surface area contributed by atoms with Crippen LogP contribution in [0.4, 0.5) is 0 Å². The van der Waals surface area contributed by atoms with Crippen LogP contribution in [-0.2, 0) is 6.42 Å². The summed E-state index contributed by atoms with van der Waals surface area (Å²) >= 11 is 0. The molecule has 0 atom stereocenters. The number of hydrogen-bond acceptors (Lipinski definition) is 4. The Morgan fingerprint density at radius 3 is 1.81 bits per heavy atom. The first-order chi connectivity index (χ1) is 26.7. The highest BCUT2D eigenvalue weighted by Crippen LogP contribution is 2.45. The molecule has 0 aliphatic heterocycles. The maximum atomic E-state index is 9.66. The molecular weight excluding hydrogens is 657 g/mol. The topological polar surface area (TPSA) is 73.4 Å². The highest BCUT2D eigenvalue weighted by atomic mass is 14.9. The third-order valence-corrected chi connectivity index (χ3v) is 10.8. The largest absolute Gasteiger partial charge is 0.227 e. The van der Waals surface area contributed by atoms with Gasteiger partial charge in [-0.25, -0.2) is 9.97 Å². The van der Waals surface area contributed by atoms with E-state index in [4.69, 9.17) is 9.97 Å². The monoisotopic (exact) mass is 686 g/mol. The number of rotatable bonds is 4. The van der Waals surface area contributed by atoms with Gasteiger partial charge < -0.3 is 0 Å². The maximum Gasteiger partial charge on any atom is 0.160 e. The summed E-state index contributed by atoms with van der Waals surface area (Å²) in [5.41, 5.74) is 11.5. The lowest BCUT2D eigenvalue weighted by Gasteiger charge is -2.22. The predicted octanol–water partition coefficient (Wildman–Crippen LogP) is 12.5. The summed E-state index contributed by atoms with van der Waals surface area (Å²) in [5.74, 6) is 0.575. The van der Waals surface area contributed by atoms with E-state index in [1.807, 2.05) is 48.5 Å². The van der Waals surface area contributed by atoms with Crippen molar-refractivity contribution in [2.24, 2.45) is 0 Å². The molecule has 4 heteroatoms. The number of nitriles is 2. The van der Waals surface area contributed by atoms with Crippen LogP contribution in [0.2, 0.25) is 0 Å². The zero-order valence-electron chi connectivity index (χ0n) is 29.2. The summed E-state index contributed by atoms with van der Waals surface area (Å²) in [6.07, 6.45) is 6.45. The SMILES string of the molecule is N#Cc1ccc(-c2nc(-c3ccc(C#N)cc3)c3cc(-c4cc5ccccc5c5ccccc45)cc(-c4cc5ccccc5c5c4CCC=C5)c3n2)cc1. The van der Waals surface area contributed by atoms with Gasteiger partial charge >= 0.3 is 0 Å². The molecule has 4 nitrogen and oxygen atoms in total. The van der Waals surface area contributed by atoms with Gasteiger partial charge in [-0.3, -0.25) is 0 Å². The molecule has 0 spiro atoms. The third kappa shape index (κ3) is 5.13. The summed E-state index contributed by atoms with van der Waals surface area (Å²) in [6.45, 7) is 0. The minimum Gasteiger partial charge on any atom is -0.227 e. The molecule has 250 valence electrons. The molecule has 1 aliphatic rings. The lowest BCUT2D eigenvalue weighted by atomic mass is 9.83. The minimum absolute atomic E-state index is 0.575. The van der Waals surface area contributed by atoms with Crippen molar-refractivity contribution >= 4 is 49.3 Å². The Morgan fingerprint density at radius 1 is 0.481 bits per heavy atom. The number of benzene rings is 8. The van der Waals surface area contributed by atoms with Crippen LogP contribution in [0.1, 0.15) is 28.7 Å². The predicted molar refractivity (Wildman–Crippen MR) is 221 cm³/mol. The van der Waals surface area contributed by atoms with E-state index in [0.717, 1.165) is 57.3 Å². The molecule has 9 aromatic rings. The van der Waals surface area contributed by atoms with Gasteiger partial charge in [-0.2, -0.15) is 10.5 Å². The Balaban J connectivity index is 1.37. The van der Waals surface area contributed by atoms with Gasteiger partial charge in [0.25, 0.3) is 0 Å². The van der Waals surface area contributed by atoms with Crippen molar-refractivity contribution in [2.75, 3.05) is 0 Å². The summed E-state index contributed by atoms with van der Waals surface area (Å²) < 4.78 is 0. The average molecular weight is 687 g/mol. The first-order valence-electron chi connectivity index (χ1n) is 18.2. The van der Waals surface area contributed by atoms with Crippen molar-refractivity contribution in [1.82, 2.24) is 9.97 Å². The van der Waals surface area contributed by atoms with Crippen molar-refractivity contribution in [1.29, 1.82) is 10.5 Å². The van der Waals surface area contributed by atoms with Gasteiger partial charge in [0, 0.05) is 22.1 Å². The molecule has 1 aliphatic carbocycles. The third-order valence-electron chi connectivity index (χ3n) is 10.8. The molecule has 10 rings (SSSR count). The van der Waals surface area contributed by atoms with Crippen LogP contribution in [0.25, 0.3) is 94.2 Å². The molecule has 1 heterocycles. The minimum atomic E-state index is 0.575. The summed E-state index contributed by atoms with van der Waals surface area (Å²) in [5, 5.41) is 27.4. The molecule has 0 N–H and O–H groups in total.